The Labute approximate surface area is 157 Å². The Morgan fingerprint density at radius 2 is 1.85 bits per heavy atom. The number of carbonyl (C=O) groups excluding carboxylic acids is 1. The molecule has 0 unspecified atom stereocenters. The third-order valence-electron chi connectivity index (χ3n) is 4.69. The molecule has 0 spiro atoms. The first kappa shape index (κ1) is 18.6. The zero-order chi connectivity index (χ0) is 18.4. The fraction of sp³-hybridized carbons (Fsp3) is 0.400. The Morgan fingerprint density at radius 1 is 1.12 bits per heavy atom. The summed E-state index contributed by atoms with van der Waals surface area (Å²) in [7, 11) is 0. The lowest BCUT2D eigenvalue weighted by atomic mass is 9.92. The minimum atomic E-state index is -1.10. The Kier molecular flexibility index (Phi) is 6.04. The van der Waals surface area contributed by atoms with Crippen LogP contribution in [0.5, 0.6) is 5.75 Å². The van der Waals surface area contributed by atoms with Crippen LogP contribution in [0.4, 0.5) is 0 Å². The second-order valence-electron chi connectivity index (χ2n) is 6.48. The molecule has 2 aromatic rings. The third kappa shape index (κ3) is 4.30. The highest BCUT2D eigenvalue weighted by atomic mass is 32.2. The van der Waals surface area contributed by atoms with E-state index >= 15 is 0 Å². The van der Waals surface area contributed by atoms with Gasteiger partial charge in [0.05, 0.1) is 6.61 Å². The first-order chi connectivity index (χ1) is 12.6. The minimum Gasteiger partial charge on any atom is -0.493 e. The van der Waals surface area contributed by atoms with Gasteiger partial charge in [0.25, 0.3) is 0 Å². The minimum absolute atomic E-state index is 0.221. The van der Waals surface area contributed by atoms with Crippen LogP contribution in [0.1, 0.15) is 25.7 Å². The molecule has 26 heavy (non-hydrogen) atoms. The van der Waals surface area contributed by atoms with Crippen molar-refractivity contribution in [3.8, 4) is 5.75 Å². The van der Waals surface area contributed by atoms with Crippen molar-refractivity contribution in [1.82, 2.24) is 5.32 Å². The molecule has 0 saturated carbocycles. The zero-order valence-corrected chi connectivity index (χ0v) is 15.4. The maximum Gasteiger partial charge on any atom is 0.329 e. The van der Waals surface area contributed by atoms with Crippen LogP contribution in [0.15, 0.2) is 42.5 Å². The molecule has 0 aliphatic carbocycles. The summed E-state index contributed by atoms with van der Waals surface area (Å²) >= 11 is 1.73. The summed E-state index contributed by atoms with van der Waals surface area (Å²) in [6, 6.07) is 13.9. The van der Waals surface area contributed by atoms with Crippen molar-refractivity contribution in [3.63, 3.8) is 0 Å². The molecule has 2 N–H and O–H groups in total. The summed E-state index contributed by atoms with van der Waals surface area (Å²) < 4.78 is 5.83. The summed E-state index contributed by atoms with van der Waals surface area (Å²) in [5.74, 6) is 1.17. The second kappa shape index (κ2) is 8.45. The normalized spacial score (nSPS) is 16.2. The van der Waals surface area contributed by atoms with Gasteiger partial charge >= 0.3 is 5.97 Å². The average Bonchev–Trinajstić information content (AvgIpc) is 2.66. The van der Waals surface area contributed by atoms with Crippen LogP contribution >= 0.6 is 11.8 Å². The molecule has 6 heteroatoms. The number of carboxylic acids is 1. The fourth-order valence-electron chi connectivity index (χ4n) is 3.18. The molecule has 0 bridgehead atoms. The number of rotatable bonds is 7. The van der Waals surface area contributed by atoms with Crippen LogP contribution in [-0.4, -0.2) is 40.6 Å². The highest BCUT2D eigenvalue weighted by molar-refractivity contribution is 7.99. The SMILES string of the molecule is O=C(CCCOc1cccc2ccccc12)NC1(C(=O)O)CCSCC1. The van der Waals surface area contributed by atoms with E-state index in [1.807, 2.05) is 42.5 Å². The molecule has 5 nitrogen and oxygen atoms in total. The van der Waals surface area contributed by atoms with Gasteiger partial charge in [-0.25, -0.2) is 4.79 Å². The number of fused-ring (bicyclic) bond motifs is 1. The van der Waals surface area contributed by atoms with Gasteiger partial charge < -0.3 is 15.2 Å². The topological polar surface area (TPSA) is 75.6 Å². The number of amides is 1. The van der Waals surface area contributed by atoms with Crippen molar-refractivity contribution in [2.45, 2.75) is 31.2 Å². The maximum absolute atomic E-state index is 12.2. The van der Waals surface area contributed by atoms with E-state index in [2.05, 4.69) is 5.32 Å². The number of nitrogens with one attached hydrogen (secondary N) is 1. The van der Waals surface area contributed by atoms with Crippen molar-refractivity contribution in [2.24, 2.45) is 0 Å². The van der Waals surface area contributed by atoms with E-state index in [0.29, 0.717) is 25.9 Å². The number of hydrogen-bond donors (Lipinski definition) is 2. The molecular weight excluding hydrogens is 350 g/mol. The molecule has 1 heterocycles. The molecule has 1 aliphatic heterocycles. The van der Waals surface area contributed by atoms with E-state index < -0.39 is 11.5 Å². The average molecular weight is 373 g/mol. The number of aliphatic carboxylic acids is 1. The van der Waals surface area contributed by atoms with Gasteiger partial charge in [0.15, 0.2) is 0 Å². The molecule has 0 radical (unpaired) electrons. The molecule has 138 valence electrons. The number of carboxylic acid groups (broad SMARTS) is 1. The number of benzene rings is 2. The molecule has 0 aromatic heterocycles. The number of thioether (sulfide) groups is 1. The smallest absolute Gasteiger partial charge is 0.329 e. The van der Waals surface area contributed by atoms with Crippen molar-refractivity contribution >= 4 is 34.4 Å². The summed E-state index contributed by atoms with van der Waals surface area (Å²) in [5.41, 5.74) is -1.10. The van der Waals surface area contributed by atoms with E-state index in [1.165, 1.54) is 0 Å². The number of hydrogen-bond acceptors (Lipinski definition) is 4. The Balaban J connectivity index is 1.50. The lowest BCUT2D eigenvalue weighted by molar-refractivity contribution is -0.148. The monoisotopic (exact) mass is 373 g/mol. The quantitative estimate of drug-likeness (QED) is 0.727. The number of carbonyl (C=O) groups is 2. The fourth-order valence-corrected chi connectivity index (χ4v) is 4.37. The number of ether oxygens (including phenoxy) is 1. The van der Waals surface area contributed by atoms with E-state index in [4.69, 9.17) is 4.74 Å². The first-order valence-corrected chi connectivity index (χ1v) is 9.99. The van der Waals surface area contributed by atoms with Gasteiger partial charge in [-0.05, 0) is 42.2 Å². The van der Waals surface area contributed by atoms with Gasteiger partial charge in [-0.1, -0.05) is 36.4 Å². The van der Waals surface area contributed by atoms with Gasteiger partial charge in [0, 0.05) is 11.8 Å². The molecule has 1 aliphatic rings. The Bertz CT molecular complexity index is 781. The van der Waals surface area contributed by atoms with Crippen molar-refractivity contribution in [1.29, 1.82) is 0 Å². The molecule has 0 atom stereocenters. The lowest BCUT2D eigenvalue weighted by Crippen LogP contribution is -2.56. The van der Waals surface area contributed by atoms with Crippen LogP contribution in [0.25, 0.3) is 10.8 Å². The summed E-state index contributed by atoms with van der Waals surface area (Å²) in [4.78, 5) is 23.8. The second-order valence-corrected chi connectivity index (χ2v) is 7.70. The van der Waals surface area contributed by atoms with Crippen molar-refractivity contribution < 1.29 is 19.4 Å². The molecule has 3 rings (SSSR count). The molecule has 1 fully saturated rings. The summed E-state index contributed by atoms with van der Waals surface area (Å²) in [6.07, 6.45) is 1.75. The van der Waals surface area contributed by atoms with Crippen molar-refractivity contribution in [3.05, 3.63) is 42.5 Å². The zero-order valence-electron chi connectivity index (χ0n) is 14.6. The highest BCUT2D eigenvalue weighted by Gasteiger charge is 2.41. The van der Waals surface area contributed by atoms with Crippen LogP contribution in [-0.2, 0) is 9.59 Å². The van der Waals surface area contributed by atoms with Gasteiger partial charge in [-0.3, -0.25) is 4.79 Å². The largest absolute Gasteiger partial charge is 0.493 e. The van der Waals surface area contributed by atoms with E-state index in [0.717, 1.165) is 28.0 Å². The van der Waals surface area contributed by atoms with Gasteiger partial charge in [0.1, 0.15) is 11.3 Å². The third-order valence-corrected chi connectivity index (χ3v) is 5.68. The Morgan fingerprint density at radius 3 is 2.62 bits per heavy atom. The highest BCUT2D eigenvalue weighted by Crippen LogP contribution is 2.28. The predicted octanol–water partition coefficient (Wildman–Crippen LogP) is 3.47. The van der Waals surface area contributed by atoms with Gasteiger partial charge in [-0.15, -0.1) is 0 Å². The van der Waals surface area contributed by atoms with E-state index in [1.54, 1.807) is 11.8 Å². The predicted molar refractivity (Wildman–Crippen MR) is 104 cm³/mol. The summed E-state index contributed by atoms with van der Waals surface area (Å²) in [5, 5.41) is 14.4. The standard InChI is InChI=1S/C20H23NO4S/c22-18(21-20(19(23)24)10-13-26-14-11-20)9-4-12-25-17-8-3-6-15-5-1-2-7-16(15)17/h1-3,5-8H,4,9-14H2,(H,21,22)(H,23,24). The molecular formula is C20H23NO4S. The van der Waals surface area contributed by atoms with Crippen LogP contribution < -0.4 is 10.1 Å². The van der Waals surface area contributed by atoms with Crippen molar-refractivity contribution in [2.75, 3.05) is 18.1 Å². The summed E-state index contributed by atoms with van der Waals surface area (Å²) in [6.45, 7) is 0.414. The van der Waals surface area contributed by atoms with Gasteiger partial charge in [-0.2, -0.15) is 11.8 Å². The van der Waals surface area contributed by atoms with Gasteiger partial charge in [0.2, 0.25) is 5.91 Å². The van der Waals surface area contributed by atoms with Crippen LogP contribution in [0, 0.1) is 0 Å². The first-order valence-electron chi connectivity index (χ1n) is 8.83. The van der Waals surface area contributed by atoms with E-state index in [9.17, 15) is 14.7 Å². The lowest BCUT2D eigenvalue weighted by Gasteiger charge is -2.33. The molecule has 1 amide bonds. The van der Waals surface area contributed by atoms with Crippen LogP contribution in [0.3, 0.4) is 0 Å². The molecule has 2 aromatic carbocycles. The molecule has 1 saturated heterocycles. The Hall–Kier alpha value is -2.21. The van der Waals surface area contributed by atoms with E-state index in [-0.39, 0.29) is 12.3 Å². The van der Waals surface area contributed by atoms with Crippen LogP contribution in [0.2, 0.25) is 0 Å². The maximum atomic E-state index is 12.2.